The van der Waals surface area contributed by atoms with Crippen molar-refractivity contribution in [2.24, 2.45) is 16.1 Å². The largest absolute Gasteiger partial charge is 0.447 e. The van der Waals surface area contributed by atoms with E-state index in [1.165, 1.54) is 18.2 Å². The van der Waals surface area contributed by atoms with Gasteiger partial charge in [0.1, 0.15) is 12.9 Å². The van der Waals surface area contributed by atoms with E-state index in [1.807, 2.05) is 26.8 Å². The van der Waals surface area contributed by atoms with Gasteiger partial charge in [0.25, 0.3) is 12.3 Å². The van der Waals surface area contributed by atoms with Gasteiger partial charge in [-0.15, -0.1) is 0 Å². The summed E-state index contributed by atoms with van der Waals surface area (Å²) in [6.45, 7) is 5.08. The molecule has 3 N–H and O–H groups in total. The number of amides is 2. The van der Waals surface area contributed by atoms with Gasteiger partial charge in [-0.3, -0.25) is 9.69 Å². The van der Waals surface area contributed by atoms with Crippen LogP contribution in [0.2, 0.25) is 5.02 Å². The number of halogens is 6. The third kappa shape index (κ3) is 8.83. The lowest BCUT2D eigenvalue weighted by atomic mass is 9.75. The molecule has 2 heterocycles. The van der Waals surface area contributed by atoms with Crippen molar-refractivity contribution in [3.05, 3.63) is 76.3 Å². The fourth-order valence-corrected chi connectivity index (χ4v) is 5.74. The second-order valence-corrected chi connectivity index (χ2v) is 13.0. The van der Waals surface area contributed by atoms with Crippen LogP contribution in [0.3, 0.4) is 0 Å². The fraction of sp³-hybridized carbons (Fsp3) is 0.438. The number of hydrogen-bond donors (Lipinski definition) is 2. The minimum absolute atomic E-state index is 0.0127. The zero-order valence-electron chi connectivity index (χ0n) is 26.8. The van der Waals surface area contributed by atoms with E-state index in [-0.39, 0.29) is 48.0 Å². The van der Waals surface area contributed by atoms with Gasteiger partial charge >= 0.3 is 12.3 Å². The first kappa shape index (κ1) is 37.0. The Morgan fingerprint density at radius 3 is 2.45 bits per heavy atom. The second kappa shape index (κ2) is 14.8. The molecule has 1 aliphatic rings. The maximum absolute atomic E-state index is 14.6. The van der Waals surface area contributed by atoms with Gasteiger partial charge in [0, 0.05) is 13.0 Å². The summed E-state index contributed by atoms with van der Waals surface area (Å²) in [6, 6.07) is 11.4. The van der Waals surface area contributed by atoms with Crippen molar-refractivity contribution < 1.29 is 36.3 Å². The first-order chi connectivity index (χ1) is 23.0. The summed E-state index contributed by atoms with van der Waals surface area (Å²) in [5.41, 5.74) is 5.48. The van der Waals surface area contributed by atoms with E-state index in [9.17, 15) is 36.8 Å². The molecule has 3 aromatic rings. The molecule has 11 nitrogen and oxygen atoms in total. The Labute approximate surface area is 283 Å². The van der Waals surface area contributed by atoms with Gasteiger partial charge in [0.2, 0.25) is 0 Å². The topological polar surface area (TPSA) is 152 Å². The molecule has 2 amide bonds. The zero-order chi connectivity index (χ0) is 36.1. The van der Waals surface area contributed by atoms with E-state index in [1.54, 1.807) is 24.3 Å². The number of carbonyl (C=O) groups is 2. The number of carbonyl (C=O) groups excluding carboxylic acids is 2. The molecule has 0 unspecified atom stereocenters. The van der Waals surface area contributed by atoms with Crippen LogP contribution >= 0.6 is 11.6 Å². The molecule has 2 aromatic carbocycles. The fourth-order valence-electron chi connectivity index (χ4n) is 5.55. The number of alkyl halides is 5. The number of guanidine groups is 1. The number of unbranched alkanes of at least 4 members (excludes halogenated alkanes) is 1. The summed E-state index contributed by atoms with van der Waals surface area (Å²) in [7, 11) is 0. The molecule has 1 aliphatic heterocycles. The zero-order valence-corrected chi connectivity index (χ0v) is 27.5. The number of nitrogens with zero attached hydrogens (tertiary/aromatic N) is 6. The number of nitrogens with two attached hydrogens (primary N) is 1. The van der Waals surface area contributed by atoms with Crippen LogP contribution < -0.4 is 11.1 Å². The van der Waals surface area contributed by atoms with Gasteiger partial charge in [-0.2, -0.15) is 23.5 Å². The lowest BCUT2D eigenvalue weighted by Crippen LogP contribution is -2.47. The van der Waals surface area contributed by atoms with Gasteiger partial charge < -0.3 is 15.8 Å². The first-order valence-electron chi connectivity index (χ1n) is 15.1. The average Bonchev–Trinajstić information content (AvgIpc) is 3.60. The van der Waals surface area contributed by atoms with E-state index < -0.39 is 60.5 Å². The number of benzene rings is 2. The van der Waals surface area contributed by atoms with Crippen LogP contribution in [0.1, 0.15) is 81.4 Å². The van der Waals surface area contributed by atoms with E-state index in [0.29, 0.717) is 11.1 Å². The van der Waals surface area contributed by atoms with Crippen molar-refractivity contribution in [3.63, 3.8) is 0 Å². The summed E-state index contributed by atoms with van der Waals surface area (Å²) < 4.78 is 71.2. The number of ether oxygens (including phenoxy) is 1. The van der Waals surface area contributed by atoms with Gasteiger partial charge in [-0.25, -0.2) is 28.2 Å². The Morgan fingerprint density at radius 2 is 1.84 bits per heavy atom. The smallest absolute Gasteiger partial charge is 0.407 e. The Bertz CT molecular complexity index is 1730. The number of nitriles is 1. The third-order valence-electron chi connectivity index (χ3n) is 7.60. The van der Waals surface area contributed by atoms with E-state index in [2.05, 4.69) is 20.4 Å². The summed E-state index contributed by atoms with van der Waals surface area (Å²) in [5.74, 6) is -1.51. The highest BCUT2D eigenvalue weighted by molar-refractivity contribution is 6.32. The first-order valence-corrected chi connectivity index (χ1v) is 15.5. The van der Waals surface area contributed by atoms with Crippen molar-refractivity contribution in [2.45, 2.75) is 70.6 Å². The number of aliphatic imine (C=N–C) groups is 1. The van der Waals surface area contributed by atoms with Crippen LogP contribution in [0.5, 0.6) is 0 Å². The molecule has 0 saturated carbocycles. The lowest BCUT2D eigenvalue weighted by molar-refractivity contribution is -0.136. The van der Waals surface area contributed by atoms with Crippen LogP contribution in [0.4, 0.5) is 26.7 Å². The van der Waals surface area contributed by atoms with Crippen molar-refractivity contribution in [2.75, 3.05) is 13.2 Å². The van der Waals surface area contributed by atoms with E-state index in [0.717, 1.165) is 15.9 Å². The number of aromatic nitrogens is 3. The van der Waals surface area contributed by atoms with Gasteiger partial charge in [0.05, 0.1) is 28.4 Å². The van der Waals surface area contributed by atoms with Crippen LogP contribution in [0.15, 0.2) is 53.8 Å². The van der Waals surface area contributed by atoms with Gasteiger partial charge in [0.15, 0.2) is 17.3 Å². The Kier molecular flexibility index (Phi) is 11.2. The van der Waals surface area contributed by atoms with Crippen LogP contribution in [0.25, 0.3) is 5.69 Å². The summed E-state index contributed by atoms with van der Waals surface area (Å²) in [6.07, 6.45) is -8.37. The molecule has 4 rings (SSSR count). The standard InChI is InChI=1S/C32H34ClF5N8O3/c1-30(2,3)17-31(21-9-6-19(15-39)7-10-21)27(47)45(28(40)44-31)24(16-49-29(48)41-13-5-4-12-32(36,37)38)20-8-11-22(33)23(14-20)46-26(25(34)35)42-18-43-46/h6-11,14,18,24-25H,4-5,12-13,16-17H2,1-3H3,(H2,40,44)(H,41,48)/t24-,31-/m1/s1. The van der Waals surface area contributed by atoms with Crippen LogP contribution in [-0.4, -0.2) is 57.0 Å². The predicted octanol–water partition coefficient (Wildman–Crippen LogP) is 6.72. The van der Waals surface area contributed by atoms with Crippen molar-refractivity contribution in [1.82, 2.24) is 25.0 Å². The maximum Gasteiger partial charge on any atom is 0.407 e. The monoisotopic (exact) mass is 708 g/mol. The number of rotatable bonds is 12. The molecule has 0 bridgehead atoms. The number of hydrogen-bond acceptors (Lipinski definition) is 8. The van der Waals surface area contributed by atoms with Crippen molar-refractivity contribution >= 4 is 29.6 Å². The van der Waals surface area contributed by atoms with Gasteiger partial charge in [-0.1, -0.05) is 50.6 Å². The molecule has 17 heteroatoms. The van der Waals surface area contributed by atoms with Crippen molar-refractivity contribution in [3.8, 4) is 11.8 Å². The van der Waals surface area contributed by atoms with Crippen molar-refractivity contribution in [1.29, 1.82) is 5.26 Å². The third-order valence-corrected chi connectivity index (χ3v) is 7.91. The number of nitrogens with one attached hydrogen (secondary N) is 1. The lowest BCUT2D eigenvalue weighted by Gasteiger charge is -2.34. The molecule has 2 atom stereocenters. The summed E-state index contributed by atoms with van der Waals surface area (Å²) >= 11 is 6.40. The van der Waals surface area contributed by atoms with Crippen LogP contribution in [-0.2, 0) is 15.1 Å². The Morgan fingerprint density at radius 1 is 1.14 bits per heavy atom. The summed E-state index contributed by atoms with van der Waals surface area (Å²) in [5, 5.41) is 15.6. The molecule has 0 spiro atoms. The highest BCUT2D eigenvalue weighted by atomic mass is 35.5. The molecule has 0 aliphatic carbocycles. The molecular weight excluding hydrogens is 675 g/mol. The van der Waals surface area contributed by atoms with Gasteiger partial charge in [-0.05, 0) is 60.1 Å². The number of alkyl carbamates (subject to hydrolysis) is 1. The molecule has 0 saturated heterocycles. The van der Waals surface area contributed by atoms with E-state index >= 15 is 0 Å². The highest BCUT2D eigenvalue weighted by Crippen LogP contribution is 2.45. The van der Waals surface area contributed by atoms with Crippen LogP contribution in [0, 0.1) is 16.7 Å². The maximum atomic E-state index is 14.6. The second-order valence-electron chi connectivity index (χ2n) is 12.6. The minimum atomic E-state index is -4.32. The highest BCUT2D eigenvalue weighted by Gasteiger charge is 2.53. The molecular formula is C32H34ClF5N8O3. The normalized spacial score (nSPS) is 17.2. The Hall–Kier alpha value is -4.78. The molecule has 1 aromatic heterocycles. The molecule has 0 radical (unpaired) electrons. The summed E-state index contributed by atoms with van der Waals surface area (Å²) in [4.78, 5) is 36.7. The Balaban J connectivity index is 1.73. The predicted molar refractivity (Wildman–Crippen MR) is 169 cm³/mol. The molecule has 262 valence electrons. The SMILES string of the molecule is CC(C)(C)C[C@]1(c2ccc(C#N)cc2)N=C(N)N([C@H](COC(=O)NCCCCC(F)(F)F)c2ccc(Cl)c(-n3ncnc3C(F)F)c2)C1=O. The van der Waals surface area contributed by atoms with E-state index in [4.69, 9.17) is 22.1 Å². The molecule has 49 heavy (non-hydrogen) atoms. The average molecular weight is 709 g/mol. The minimum Gasteiger partial charge on any atom is -0.447 e. The molecule has 0 fully saturated rings. The quantitative estimate of drug-likeness (QED) is 0.157.